The first kappa shape index (κ1) is 18.1. The Morgan fingerprint density at radius 3 is 2.31 bits per heavy atom. The first-order valence-electron chi connectivity index (χ1n) is 8.78. The van der Waals surface area contributed by atoms with Crippen LogP contribution in [-0.2, 0) is 11.3 Å². The molecule has 1 heterocycles. The normalized spacial score (nSPS) is 16.1. The van der Waals surface area contributed by atoms with Crippen LogP contribution in [-0.4, -0.2) is 49.0 Å². The molecule has 1 saturated heterocycles. The summed E-state index contributed by atoms with van der Waals surface area (Å²) in [6, 6.07) is 19.5. The predicted molar refractivity (Wildman–Crippen MR) is 99.4 cm³/mol. The van der Waals surface area contributed by atoms with E-state index >= 15 is 0 Å². The molecule has 26 heavy (non-hydrogen) atoms. The van der Waals surface area contributed by atoms with Crippen LogP contribution in [0, 0.1) is 11.3 Å². The fourth-order valence-corrected chi connectivity index (χ4v) is 3.28. The molecule has 0 saturated carbocycles. The number of hydrogen-bond acceptors (Lipinski definition) is 4. The van der Waals surface area contributed by atoms with Gasteiger partial charge in [-0.2, -0.15) is 5.26 Å². The zero-order chi connectivity index (χ0) is 18.4. The van der Waals surface area contributed by atoms with Gasteiger partial charge in [0.1, 0.15) is 6.04 Å². The lowest BCUT2D eigenvalue weighted by Crippen LogP contribution is -2.49. The second-order valence-corrected chi connectivity index (χ2v) is 6.40. The quantitative estimate of drug-likeness (QED) is 0.833. The van der Waals surface area contributed by atoms with E-state index in [9.17, 15) is 10.1 Å². The van der Waals surface area contributed by atoms with Gasteiger partial charge in [0, 0.05) is 38.9 Å². The van der Waals surface area contributed by atoms with Gasteiger partial charge in [-0.3, -0.25) is 9.69 Å². The molecule has 5 nitrogen and oxygen atoms in total. The Morgan fingerprint density at radius 1 is 1.08 bits per heavy atom. The zero-order valence-corrected chi connectivity index (χ0v) is 15.0. The smallest absolute Gasteiger partial charge is 0.253 e. The summed E-state index contributed by atoms with van der Waals surface area (Å²) in [7, 11) is 1.66. The molecule has 0 aromatic heterocycles. The number of rotatable bonds is 5. The summed E-state index contributed by atoms with van der Waals surface area (Å²) in [5.74, 6) is 0.0434. The number of piperazine rings is 1. The van der Waals surface area contributed by atoms with Gasteiger partial charge in [0.25, 0.3) is 5.91 Å². The predicted octanol–water partition coefficient (Wildman–Crippen LogP) is 2.86. The number of nitrogens with zero attached hydrogens (tertiary/aromatic N) is 3. The Bertz CT molecular complexity index is 760. The molecule has 0 aliphatic carbocycles. The first-order valence-corrected chi connectivity index (χ1v) is 8.78. The van der Waals surface area contributed by atoms with Gasteiger partial charge in [0.2, 0.25) is 0 Å². The second-order valence-electron chi connectivity index (χ2n) is 6.40. The Hall–Kier alpha value is -2.68. The SMILES string of the molecule is COCc1ccc(C(=O)N2CCN([C@@H](C#N)c3ccccc3)CC2)cc1. The van der Waals surface area contributed by atoms with Crippen LogP contribution in [0.5, 0.6) is 0 Å². The van der Waals surface area contributed by atoms with Crippen LogP contribution in [0.25, 0.3) is 0 Å². The maximum Gasteiger partial charge on any atom is 0.253 e. The Kier molecular flexibility index (Phi) is 6.00. The number of hydrogen-bond donors (Lipinski definition) is 0. The molecule has 0 N–H and O–H groups in total. The Labute approximate surface area is 154 Å². The maximum atomic E-state index is 12.7. The molecule has 1 aliphatic rings. The topological polar surface area (TPSA) is 56.6 Å². The van der Waals surface area contributed by atoms with E-state index in [0.717, 1.165) is 11.1 Å². The van der Waals surface area contributed by atoms with E-state index in [1.807, 2.05) is 59.5 Å². The van der Waals surface area contributed by atoms with Gasteiger partial charge in [-0.25, -0.2) is 0 Å². The van der Waals surface area contributed by atoms with Crippen molar-refractivity contribution in [3.63, 3.8) is 0 Å². The summed E-state index contributed by atoms with van der Waals surface area (Å²) in [5.41, 5.74) is 2.75. The highest BCUT2D eigenvalue weighted by Crippen LogP contribution is 2.22. The van der Waals surface area contributed by atoms with Crippen LogP contribution in [0.3, 0.4) is 0 Å². The summed E-state index contributed by atoms with van der Waals surface area (Å²) < 4.78 is 5.10. The van der Waals surface area contributed by atoms with Gasteiger partial charge in [-0.1, -0.05) is 42.5 Å². The van der Waals surface area contributed by atoms with E-state index in [1.165, 1.54) is 0 Å². The van der Waals surface area contributed by atoms with Crippen LogP contribution in [0.4, 0.5) is 0 Å². The Balaban J connectivity index is 1.61. The van der Waals surface area contributed by atoms with E-state index in [-0.39, 0.29) is 11.9 Å². The molecule has 134 valence electrons. The number of amides is 1. The van der Waals surface area contributed by atoms with Gasteiger partial charge < -0.3 is 9.64 Å². The summed E-state index contributed by atoms with van der Waals surface area (Å²) in [4.78, 5) is 16.7. The maximum absolute atomic E-state index is 12.7. The third kappa shape index (κ3) is 4.10. The lowest BCUT2D eigenvalue weighted by atomic mass is 10.1. The van der Waals surface area contributed by atoms with Crippen molar-refractivity contribution in [3.05, 3.63) is 71.3 Å². The van der Waals surface area contributed by atoms with Crippen LogP contribution in [0.15, 0.2) is 54.6 Å². The van der Waals surface area contributed by atoms with Gasteiger partial charge in [-0.05, 0) is 23.3 Å². The van der Waals surface area contributed by atoms with Gasteiger partial charge >= 0.3 is 0 Å². The highest BCUT2D eigenvalue weighted by molar-refractivity contribution is 5.94. The molecule has 1 fully saturated rings. The van der Waals surface area contributed by atoms with E-state index in [1.54, 1.807) is 7.11 Å². The average Bonchev–Trinajstić information content (AvgIpc) is 2.70. The molecule has 1 amide bonds. The lowest BCUT2D eigenvalue weighted by molar-refractivity contribution is 0.0606. The number of carbonyl (C=O) groups is 1. The number of ether oxygens (including phenoxy) is 1. The van der Waals surface area contributed by atoms with Crippen molar-refractivity contribution in [2.24, 2.45) is 0 Å². The molecule has 0 bridgehead atoms. The third-order valence-corrected chi connectivity index (χ3v) is 4.72. The zero-order valence-electron chi connectivity index (χ0n) is 15.0. The van der Waals surface area contributed by atoms with Gasteiger partial charge in [0.15, 0.2) is 0 Å². The molecule has 0 unspecified atom stereocenters. The van der Waals surface area contributed by atoms with E-state index in [4.69, 9.17) is 4.74 Å². The molecule has 5 heteroatoms. The number of carbonyl (C=O) groups excluding carboxylic acids is 1. The average molecular weight is 349 g/mol. The molecule has 1 aliphatic heterocycles. The lowest BCUT2D eigenvalue weighted by Gasteiger charge is -2.37. The van der Waals surface area contributed by atoms with Gasteiger partial charge in [-0.15, -0.1) is 0 Å². The van der Waals surface area contributed by atoms with E-state index in [2.05, 4.69) is 11.0 Å². The molecule has 2 aromatic rings. The fourth-order valence-electron chi connectivity index (χ4n) is 3.28. The fraction of sp³-hybridized carbons (Fsp3) is 0.333. The van der Waals surface area contributed by atoms with Crippen molar-refractivity contribution in [1.82, 2.24) is 9.80 Å². The number of methoxy groups -OCH3 is 1. The van der Waals surface area contributed by atoms with E-state index in [0.29, 0.717) is 38.3 Å². The summed E-state index contributed by atoms with van der Waals surface area (Å²) in [6.07, 6.45) is 0. The minimum Gasteiger partial charge on any atom is -0.380 e. The van der Waals surface area contributed by atoms with Crippen LogP contribution in [0.1, 0.15) is 27.5 Å². The summed E-state index contributed by atoms with van der Waals surface area (Å²) >= 11 is 0. The monoisotopic (exact) mass is 349 g/mol. The second kappa shape index (κ2) is 8.61. The molecule has 1 atom stereocenters. The number of benzene rings is 2. The molecule has 3 rings (SSSR count). The van der Waals surface area contributed by atoms with Crippen molar-refractivity contribution in [2.75, 3.05) is 33.3 Å². The number of nitriles is 1. The molecule has 2 aromatic carbocycles. The summed E-state index contributed by atoms with van der Waals surface area (Å²) in [6.45, 7) is 3.19. The van der Waals surface area contributed by atoms with Crippen molar-refractivity contribution in [3.8, 4) is 6.07 Å². The van der Waals surface area contributed by atoms with Crippen molar-refractivity contribution in [2.45, 2.75) is 12.6 Å². The standard InChI is InChI=1S/C21H23N3O2/c1-26-16-17-7-9-19(10-8-17)21(25)24-13-11-23(12-14-24)20(15-22)18-5-3-2-4-6-18/h2-10,20H,11-14,16H2,1H3/t20-/m0/s1. The highest BCUT2D eigenvalue weighted by Gasteiger charge is 2.27. The minimum absolute atomic E-state index is 0.0434. The van der Waals surface area contributed by atoms with Gasteiger partial charge in [0.05, 0.1) is 12.7 Å². The van der Waals surface area contributed by atoms with Crippen molar-refractivity contribution < 1.29 is 9.53 Å². The minimum atomic E-state index is -0.262. The molecule has 0 spiro atoms. The largest absolute Gasteiger partial charge is 0.380 e. The van der Waals surface area contributed by atoms with Crippen LogP contribution < -0.4 is 0 Å². The molecular weight excluding hydrogens is 326 g/mol. The third-order valence-electron chi connectivity index (χ3n) is 4.72. The van der Waals surface area contributed by atoms with E-state index < -0.39 is 0 Å². The summed E-state index contributed by atoms with van der Waals surface area (Å²) in [5, 5.41) is 9.57. The molecular formula is C21H23N3O2. The van der Waals surface area contributed by atoms with Crippen LogP contribution in [0.2, 0.25) is 0 Å². The van der Waals surface area contributed by atoms with Crippen molar-refractivity contribution >= 4 is 5.91 Å². The van der Waals surface area contributed by atoms with Crippen LogP contribution >= 0.6 is 0 Å². The highest BCUT2D eigenvalue weighted by atomic mass is 16.5. The first-order chi connectivity index (χ1) is 12.7. The molecule has 0 radical (unpaired) electrons. The Morgan fingerprint density at radius 2 is 1.73 bits per heavy atom. The van der Waals surface area contributed by atoms with Crippen molar-refractivity contribution in [1.29, 1.82) is 5.26 Å².